The van der Waals surface area contributed by atoms with E-state index in [2.05, 4.69) is 9.97 Å². The van der Waals surface area contributed by atoms with Crippen LogP contribution in [0.15, 0.2) is 30.6 Å². The van der Waals surface area contributed by atoms with Crippen LogP contribution in [0.25, 0.3) is 5.95 Å². The lowest BCUT2D eigenvalue weighted by molar-refractivity contribution is 0.926. The Labute approximate surface area is 80.4 Å². The van der Waals surface area contributed by atoms with E-state index in [1.165, 1.54) is 0 Å². The third kappa shape index (κ3) is 1.29. The predicted molar refractivity (Wildman–Crippen MR) is 50.5 cm³/mol. The molecule has 0 aliphatic rings. The van der Waals surface area contributed by atoms with Crippen molar-refractivity contribution in [3.8, 4) is 12.0 Å². The molecule has 2 rings (SSSR count). The number of rotatable bonds is 1. The van der Waals surface area contributed by atoms with Crippen molar-refractivity contribution in [1.82, 2.24) is 14.5 Å². The molecule has 5 nitrogen and oxygen atoms in total. The maximum Gasteiger partial charge on any atom is 0.236 e. The summed E-state index contributed by atoms with van der Waals surface area (Å²) in [5, 5.41) is 8.78. The lowest BCUT2D eigenvalue weighted by atomic mass is 10.5. The van der Waals surface area contributed by atoms with Gasteiger partial charge in [-0.2, -0.15) is 10.2 Å². The topological polar surface area (TPSA) is 80.5 Å². The molecule has 0 aliphatic carbocycles. The van der Waals surface area contributed by atoms with Crippen molar-refractivity contribution in [2.45, 2.75) is 0 Å². The molecule has 0 saturated heterocycles. The third-order valence-electron chi connectivity index (χ3n) is 1.74. The number of anilines is 1. The van der Waals surface area contributed by atoms with Gasteiger partial charge in [-0.3, -0.25) is 4.57 Å². The highest BCUT2D eigenvalue weighted by atomic mass is 15.2. The molecule has 5 heteroatoms. The van der Waals surface area contributed by atoms with Crippen LogP contribution in [-0.4, -0.2) is 14.5 Å². The van der Waals surface area contributed by atoms with Gasteiger partial charge in [-0.25, -0.2) is 4.98 Å². The van der Waals surface area contributed by atoms with Crippen molar-refractivity contribution >= 4 is 5.82 Å². The van der Waals surface area contributed by atoms with Gasteiger partial charge in [-0.15, -0.1) is 0 Å². The Hall–Kier alpha value is -2.35. The fraction of sp³-hybridized carbons (Fsp3) is 0. The Morgan fingerprint density at radius 2 is 2.29 bits per heavy atom. The van der Waals surface area contributed by atoms with Gasteiger partial charge in [0, 0.05) is 12.4 Å². The van der Waals surface area contributed by atoms with E-state index < -0.39 is 0 Å². The van der Waals surface area contributed by atoms with Crippen molar-refractivity contribution in [2.24, 2.45) is 0 Å². The number of nitrogens with two attached hydrogens (primary N) is 1. The molecule has 2 N–H and O–H groups in total. The summed E-state index contributed by atoms with van der Waals surface area (Å²) in [6.45, 7) is 0. The summed E-state index contributed by atoms with van der Waals surface area (Å²) in [7, 11) is 0. The lowest BCUT2D eigenvalue weighted by Crippen LogP contribution is -2.03. The molecule has 0 spiro atoms. The lowest BCUT2D eigenvalue weighted by Gasteiger charge is -2.01. The summed E-state index contributed by atoms with van der Waals surface area (Å²) in [4.78, 5) is 8.01. The highest BCUT2D eigenvalue weighted by Gasteiger charge is 2.04. The van der Waals surface area contributed by atoms with E-state index >= 15 is 0 Å². The van der Waals surface area contributed by atoms with E-state index in [0.717, 1.165) is 0 Å². The van der Waals surface area contributed by atoms with E-state index in [9.17, 15) is 0 Å². The van der Waals surface area contributed by atoms with Crippen LogP contribution in [0.4, 0.5) is 5.82 Å². The van der Waals surface area contributed by atoms with Crippen LogP contribution in [0.1, 0.15) is 5.69 Å². The van der Waals surface area contributed by atoms with Crippen LogP contribution in [0.5, 0.6) is 0 Å². The van der Waals surface area contributed by atoms with Crippen LogP contribution in [0.2, 0.25) is 0 Å². The minimum Gasteiger partial charge on any atom is -0.384 e. The number of hydrogen-bond acceptors (Lipinski definition) is 4. The van der Waals surface area contributed by atoms with Gasteiger partial charge in [0.25, 0.3) is 0 Å². The highest BCUT2D eigenvalue weighted by Crippen LogP contribution is 2.07. The van der Waals surface area contributed by atoms with Gasteiger partial charge in [-0.1, -0.05) is 0 Å². The molecule has 0 saturated carbocycles. The Morgan fingerprint density at radius 1 is 1.43 bits per heavy atom. The molecule has 0 aromatic carbocycles. The van der Waals surface area contributed by atoms with Gasteiger partial charge in [0.15, 0.2) is 0 Å². The minimum absolute atomic E-state index is 0.382. The second kappa shape index (κ2) is 3.18. The van der Waals surface area contributed by atoms with Crippen LogP contribution in [0.3, 0.4) is 0 Å². The molecule has 0 bridgehead atoms. The maximum atomic E-state index is 8.78. The average molecular weight is 185 g/mol. The molecule has 2 aromatic heterocycles. The molecule has 0 atom stereocenters. The minimum atomic E-state index is 0.382. The number of nitrogen functional groups attached to an aromatic ring is 1. The Bertz CT molecular complexity index is 494. The fourth-order valence-corrected chi connectivity index (χ4v) is 1.12. The molecule has 0 fully saturated rings. The molecule has 2 aromatic rings. The Morgan fingerprint density at radius 3 is 3.00 bits per heavy atom. The van der Waals surface area contributed by atoms with Gasteiger partial charge in [0.05, 0.1) is 0 Å². The second-order valence-electron chi connectivity index (χ2n) is 2.66. The van der Waals surface area contributed by atoms with E-state index in [1.807, 2.05) is 6.07 Å². The number of hydrogen-bond donors (Lipinski definition) is 1. The number of nitrogens with zero attached hydrogens (tertiary/aromatic N) is 4. The number of aromatic nitrogens is 3. The van der Waals surface area contributed by atoms with Crippen molar-refractivity contribution in [1.29, 1.82) is 5.26 Å². The van der Waals surface area contributed by atoms with Crippen molar-refractivity contribution < 1.29 is 0 Å². The first-order valence-electron chi connectivity index (χ1n) is 3.97. The first-order chi connectivity index (χ1) is 6.81. The zero-order valence-electron chi connectivity index (χ0n) is 7.25. The van der Waals surface area contributed by atoms with Gasteiger partial charge in [0.1, 0.15) is 17.6 Å². The Kier molecular flexibility index (Phi) is 1.88. The van der Waals surface area contributed by atoms with Crippen LogP contribution in [-0.2, 0) is 0 Å². The summed E-state index contributed by atoms with van der Waals surface area (Å²) < 4.78 is 1.58. The van der Waals surface area contributed by atoms with Gasteiger partial charge in [-0.05, 0) is 18.2 Å². The van der Waals surface area contributed by atoms with E-state index in [4.69, 9.17) is 11.0 Å². The predicted octanol–water partition coefficient (Wildman–Crippen LogP) is 0.721. The van der Waals surface area contributed by atoms with Crippen molar-refractivity contribution in [3.63, 3.8) is 0 Å². The molecule has 0 amide bonds. The molecule has 0 radical (unpaired) electrons. The standard InChI is InChI=1S/C9H7N5/c10-6-7-2-1-5-14(7)9-12-4-3-8(11)13-9/h1-5H,(H2,11,12,13). The summed E-state index contributed by atoms with van der Waals surface area (Å²) >= 11 is 0. The number of nitriles is 1. The molecule has 2 heterocycles. The first kappa shape index (κ1) is 8.26. The zero-order valence-corrected chi connectivity index (χ0v) is 7.25. The van der Waals surface area contributed by atoms with Crippen molar-refractivity contribution in [2.75, 3.05) is 5.73 Å². The molecule has 14 heavy (non-hydrogen) atoms. The molecule has 0 aliphatic heterocycles. The van der Waals surface area contributed by atoms with Crippen LogP contribution in [0, 0.1) is 11.3 Å². The Balaban J connectivity index is 2.56. The van der Waals surface area contributed by atoms with E-state index in [-0.39, 0.29) is 0 Å². The van der Waals surface area contributed by atoms with Gasteiger partial charge in [0.2, 0.25) is 5.95 Å². The van der Waals surface area contributed by atoms with Crippen molar-refractivity contribution in [3.05, 3.63) is 36.3 Å². The highest BCUT2D eigenvalue weighted by molar-refractivity contribution is 5.34. The summed E-state index contributed by atoms with van der Waals surface area (Å²) in [6.07, 6.45) is 3.27. The second-order valence-corrected chi connectivity index (χ2v) is 2.66. The maximum absolute atomic E-state index is 8.78. The quantitative estimate of drug-likeness (QED) is 0.709. The molecular formula is C9H7N5. The normalized spacial score (nSPS) is 9.64. The molecule has 68 valence electrons. The van der Waals surface area contributed by atoms with E-state index in [0.29, 0.717) is 17.5 Å². The van der Waals surface area contributed by atoms with Gasteiger partial charge < -0.3 is 5.73 Å². The van der Waals surface area contributed by atoms with Gasteiger partial charge >= 0.3 is 0 Å². The molecular weight excluding hydrogens is 178 g/mol. The monoisotopic (exact) mass is 185 g/mol. The summed E-state index contributed by atoms with van der Waals surface area (Å²) in [6, 6.07) is 7.07. The smallest absolute Gasteiger partial charge is 0.236 e. The molecule has 0 unspecified atom stereocenters. The summed E-state index contributed by atoms with van der Waals surface area (Å²) in [5.41, 5.74) is 5.99. The van der Waals surface area contributed by atoms with Crippen LogP contribution >= 0.6 is 0 Å². The van der Waals surface area contributed by atoms with Crippen LogP contribution < -0.4 is 5.73 Å². The third-order valence-corrected chi connectivity index (χ3v) is 1.74. The average Bonchev–Trinajstić information content (AvgIpc) is 2.65. The van der Waals surface area contributed by atoms with E-state index in [1.54, 1.807) is 35.2 Å². The first-order valence-corrected chi connectivity index (χ1v) is 3.97. The zero-order chi connectivity index (χ0) is 9.97. The fourth-order valence-electron chi connectivity index (χ4n) is 1.12. The largest absolute Gasteiger partial charge is 0.384 e. The SMILES string of the molecule is N#Cc1cccn1-c1nccc(N)n1. The summed E-state index contributed by atoms with van der Waals surface area (Å²) in [5.74, 6) is 0.791.